The Labute approximate surface area is 75.7 Å². The quantitative estimate of drug-likeness (QED) is 0.513. The lowest BCUT2D eigenvalue weighted by molar-refractivity contribution is 0.0272. The monoisotopic (exact) mass is 164 g/mol. The van der Waals surface area contributed by atoms with E-state index in [2.05, 4.69) is 0 Å². The third-order valence-corrected chi connectivity index (χ3v) is 4.86. The molecule has 0 nitrogen and oxygen atoms in total. The van der Waals surface area contributed by atoms with Crippen molar-refractivity contribution >= 4 is 0 Å². The largest absolute Gasteiger partial charge is 0.0528 e. The number of hydrogen-bond acceptors (Lipinski definition) is 0. The minimum Gasteiger partial charge on any atom is -0.0528 e. The van der Waals surface area contributed by atoms with Crippen molar-refractivity contribution in [3.05, 3.63) is 0 Å². The summed E-state index contributed by atoms with van der Waals surface area (Å²) in [4.78, 5) is 0. The molecule has 0 aromatic heterocycles. The van der Waals surface area contributed by atoms with Gasteiger partial charge in [0.1, 0.15) is 0 Å². The zero-order valence-electron chi connectivity index (χ0n) is 7.97. The van der Waals surface area contributed by atoms with E-state index in [9.17, 15) is 0 Å². The fourth-order valence-electron chi connectivity index (χ4n) is 4.22. The van der Waals surface area contributed by atoms with Crippen molar-refractivity contribution in [2.45, 2.75) is 51.4 Å². The van der Waals surface area contributed by atoms with Gasteiger partial charge in [0.15, 0.2) is 0 Å². The number of hydrogen-bond donors (Lipinski definition) is 0. The van der Waals surface area contributed by atoms with Crippen LogP contribution in [0, 0.1) is 23.7 Å². The molecule has 68 valence electrons. The SMILES string of the molecule is C1CC2CCC3CCC(C1)C2C3. The summed E-state index contributed by atoms with van der Waals surface area (Å²) in [5.74, 6) is 4.67. The minimum atomic E-state index is 1.15. The minimum absolute atomic E-state index is 1.15. The molecule has 0 saturated heterocycles. The predicted molar refractivity (Wildman–Crippen MR) is 50.9 cm³/mol. The summed E-state index contributed by atoms with van der Waals surface area (Å²) in [7, 11) is 0. The van der Waals surface area contributed by atoms with Crippen LogP contribution in [0.5, 0.6) is 0 Å². The lowest BCUT2D eigenvalue weighted by atomic mass is 9.57. The fourth-order valence-corrected chi connectivity index (χ4v) is 4.22. The van der Waals surface area contributed by atoms with Gasteiger partial charge < -0.3 is 0 Å². The van der Waals surface area contributed by atoms with Gasteiger partial charge >= 0.3 is 0 Å². The van der Waals surface area contributed by atoms with Crippen molar-refractivity contribution in [2.75, 3.05) is 0 Å². The molecule has 2 atom stereocenters. The van der Waals surface area contributed by atoms with E-state index in [-0.39, 0.29) is 0 Å². The molecule has 0 radical (unpaired) electrons. The van der Waals surface area contributed by atoms with Crippen LogP contribution in [0.3, 0.4) is 0 Å². The van der Waals surface area contributed by atoms with E-state index in [0.29, 0.717) is 0 Å². The molecule has 0 heterocycles. The molecule has 0 N–H and O–H groups in total. The molecule has 0 amide bonds. The summed E-state index contributed by atoms with van der Waals surface area (Å²) < 4.78 is 0. The Balaban J connectivity index is 1.82. The van der Waals surface area contributed by atoms with E-state index in [1.807, 2.05) is 0 Å². The summed E-state index contributed by atoms with van der Waals surface area (Å²) in [5.41, 5.74) is 0. The summed E-state index contributed by atoms with van der Waals surface area (Å²) in [6.45, 7) is 0. The molecule has 3 aliphatic carbocycles. The highest BCUT2D eigenvalue weighted by Gasteiger charge is 2.40. The Kier molecular flexibility index (Phi) is 1.70. The maximum absolute atomic E-state index is 1.62. The van der Waals surface area contributed by atoms with Gasteiger partial charge in [0.25, 0.3) is 0 Å². The molecule has 3 aliphatic rings. The van der Waals surface area contributed by atoms with Crippen molar-refractivity contribution in [1.29, 1.82) is 0 Å². The normalized spacial score (nSPS) is 52.0. The van der Waals surface area contributed by atoms with Crippen molar-refractivity contribution in [2.24, 2.45) is 23.7 Å². The topological polar surface area (TPSA) is 0 Å². The summed E-state index contributed by atoms with van der Waals surface area (Å²) in [6, 6.07) is 0. The second kappa shape index (κ2) is 2.75. The molecule has 0 aliphatic heterocycles. The van der Waals surface area contributed by atoms with Crippen LogP contribution >= 0.6 is 0 Å². The zero-order chi connectivity index (χ0) is 7.97. The average molecular weight is 164 g/mol. The molecule has 3 saturated carbocycles. The smallest absolute Gasteiger partial charge is 0.0355 e. The molecule has 3 rings (SSSR count). The molecule has 0 aromatic carbocycles. The second-order valence-electron chi connectivity index (χ2n) is 5.37. The van der Waals surface area contributed by atoms with Crippen LogP contribution < -0.4 is 0 Å². The van der Waals surface area contributed by atoms with Gasteiger partial charge in [-0.05, 0) is 42.9 Å². The number of rotatable bonds is 0. The zero-order valence-corrected chi connectivity index (χ0v) is 7.97. The Bertz CT molecular complexity index is 157. The van der Waals surface area contributed by atoms with E-state index in [1.165, 1.54) is 17.8 Å². The molecule has 0 heteroatoms. The Hall–Kier alpha value is 0. The maximum atomic E-state index is 1.62. The maximum Gasteiger partial charge on any atom is -0.0355 e. The van der Waals surface area contributed by atoms with Gasteiger partial charge in [-0.3, -0.25) is 0 Å². The molecule has 2 unspecified atom stereocenters. The van der Waals surface area contributed by atoms with E-state index in [4.69, 9.17) is 0 Å². The van der Waals surface area contributed by atoms with Crippen LogP contribution in [0.2, 0.25) is 0 Å². The van der Waals surface area contributed by atoms with Gasteiger partial charge in [-0.25, -0.2) is 0 Å². The highest BCUT2D eigenvalue weighted by Crippen LogP contribution is 2.51. The molecule has 3 fully saturated rings. The van der Waals surface area contributed by atoms with Crippen LogP contribution in [0.15, 0.2) is 0 Å². The third kappa shape index (κ3) is 1.03. The van der Waals surface area contributed by atoms with Gasteiger partial charge in [0.05, 0.1) is 0 Å². The van der Waals surface area contributed by atoms with Crippen molar-refractivity contribution in [3.63, 3.8) is 0 Å². The molecule has 0 aromatic rings. The first-order chi connectivity index (χ1) is 5.93. The Morgan fingerprint density at radius 2 is 1.33 bits per heavy atom. The molecular weight excluding hydrogens is 144 g/mol. The van der Waals surface area contributed by atoms with E-state index in [0.717, 1.165) is 5.92 Å². The molecular formula is C12H20. The molecule has 12 heavy (non-hydrogen) atoms. The first-order valence-electron chi connectivity index (χ1n) is 5.93. The molecule has 0 spiro atoms. The van der Waals surface area contributed by atoms with Gasteiger partial charge in [0, 0.05) is 0 Å². The van der Waals surface area contributed by atoms with Crippen LogP contribution in [-0.4, -0.2) is 0 Å². The van der Waals surface area contributed by atoms with Crippen LogP contribution in [0.25, 0.3) is 0 Å². The van der Waals surface area contributed by atoms with E-state index < -0.39 is 0 Å². The average Bonchev–Trinajstić information content (AvgIpc) is 2.17. The summed E-state index contributed by atoms with van der Waals surface area (Å²) in [6.07, 6.45) is 12.7. The van der Waals surface area contributed by atoms with Crippen molar-refractivity contribution < 1.29 is 0 Å². The third-order valence-electron chi connectivity index (χ3n) is 4.86. The van der Waals surface area contributed by atoms with Crippen LogP contribution in [0.1, 0.15) is 51.4 Å². The van der Waals surface area contributed by atoms with Gasteiger partial charge in [-0.1, -0.05) is 32.1 Å². The Morgan fingerprint density at radius 3 is 2.00 bits per heavy atom. The predicted octanol–water partition coefficient (Wildman–Crippen LogP) is 3.61. The second-order valence-corrected chi connectivity index (χ2v) is 5.37. The molecule has 2 bridgehead atoms. The summed E-state index contributed by atoms with van der Waals surface area (Å²) >= 11 is 0. The fraction of sp³-hybridized carbons (Fsp3) is 1.00. The lowest BCUT2D eigenvalue weighted by Crippen LogP contribution is -2.37. The van der Waals surface area contributed by atoms with E-state index in [1.54, 1.807) is 51.4 Å². The Morgan fingerprint density at radius 1 is 0.667 bits per heavy atom. The van der Waals surface area contributed by atoms with Crippen LogP contribution in [-0.2, 0) is 0 Å². The number of fused-ring (bicyclic) bond motifs is 1. The van der Waals surface area contributed by atoms with Crippen molar-refractivity contribution in [1.82, 2.24) is 0 Å². The van der Waals surface area contributed by atoms with Crippen LogP contribution in [0.4, 0.5) is 0 Å². The standard InChI is InChI=1S/C12H20/c1-2-10-6-4-9-5-7-11(3-1)12(10)8-9/h9-12H,1-8H2. The van der Waals surface area contributed by atoms with Crippen molar-refractivity contribution in [3.8, 4) is 0 Å². The first-order valence-corrected chi connectivity index (χ1v) is 5.93. The summed E-state index contributed by atoms with van der Waals surface area (Å²) in [5, 5.41) is 0. The van der Waals surface area contributed by atoms with Gasteiger partial charge in [-0.15, -0.1) is 0 Å². The highest BCUT2D eigenvalue weighted by molar-refractivity contribution is 4.91. The first kappa shape index (κ1) is 7.41. The lowest BCUT2D eigenvalue weighted by Gasteiger charge is -2.48. The van der Waals surface area contributed by atoms with Gasteiger partial charge in [0.2, 0.25) is 0 Å². The van der Waals surface area contributed by atoms with Gasteiger partial charge in [-0.2, -0.15) is 0 Å². The highest BCUT2D eigenvalue weighted by atomic mass is 14.5. The van der Waals surface area contributed by atoms with E-state index >= 15 is 0 Å².